The van der Waals surface area contributed by atoms with Gasteiger partial charge in [0.2, 0.25) is 5.91 Å². The van der Waals surface area contributed by atoms with E-state index in [9.17, 15) is 9.59 Å². The Hall–Kier alpha value is -2.61. The summed E-state index contributed by atoms with van der Waals surface area (Å²) in [5.74, 6) is 0.489. The number of aliphatic imine (C=N–C) groups is 1. The number of hydrogen-bond acceptors (Lipinski definition) is 4. The first-order valence-corrected chi connectivity index (χ1v) is 9.33. The van der Waals surface area contributed by atoms with Gasteiger partial charge in [-0.3, -0.25) is 14.6 Å². The zero-order valence-electron chi connectivity index (χ0n) is 15.7. The molecule has 1 aromatic carbocycles. The zero-order valence-corrected chi connectivity index (χ0v) is 15.7. The van der Waals surface area contributed by atoms with Gasteiger partial charge in [-0.05, 0) is 30.5 Å². The number of piperazine rings is 1. The van der Waals surface area contributed by atoms with Gasteiger partial charge in [0.1, 0.15) is 6.10 Å². The summed E-state index contributed by atoms with van der Waals surface area (Å²) in [5, 5.41) is 3.33. The van der Waals surface area contributed by atoms with Crippen molar-refractivity contribution in [2.45, 2.75) is 25.5 Å². The molecule has 27 heavy (non-hydrogen) atoms. The summed E-state index contributed by atoms with van der Waals surface area (Å²) in [6.45, 7) is 4.10. The standard InChI is InChI=1S/C19H27N5O3/c1-21-19(22-13-14-4-6-15(7-5-14)17(20)25)24-10-8-23(9-11-24)18(26)16-3-2-12-27-16/h4-7,16H,2-3,8-13H2,1H3,(H2,20,25)(H,21,22). The van der Waals surface area contributed by atoms with Crippen LogP contribution in [-0.2, 0) is 16.1 Å². The number of benzene rings is 1. The highest BCUT2D eigenvalue weighted by Crippen LogP contribution is 2.16. The smallest absolute Gasteiger partial charge is 0.251 e. The molecule has 0 spiro atoms. The molecule has 3 N–H and O–H groups in total. The van der Waals surface area contributed by atoms with E-state index in [1.54, 1.807) is 19.2 Å². The van der Waals surface area contributed by atoms with E-state index in [0.29, 0.717) is 31.8 Å². The van der Waals surface area contributed by atoms with E-state index in [2.05, 4.69) is 15.2 Å². The summed E-state index contributed by atoms with van der Waals surface area (Å²) in [6.07, 6.45) is 1.54. The van der Waals surface area contributed by atoms with Crippen molar-refractivity contribution in [2.24, 2.45) is 10.7 Å². The fourth-order valence-corrected chi connectivity index (χ4v) is 3.41. The molecule has 0 aliphatic carbocycles. The number of carbonyl (C=O) groups is 2. The maximum Gasteiger partial charge on any atom is 0.251 e. The van der Waals surface area contributed by atoms with Crippen LogP contribution in [0.5, 0.6) is 0 Å². The van der Waals surface area contributed by atoms with Crippen LogP contribution in [0.25, 0.3) is 0 Å². The van der Waals surface area contributed by atoms with Crippen molar-refractivity contribution in [1.82, 2.24) is 15.1 Å². The number of nitrogens with one attached hydrogen (secondary N) is 1. The molecule has 146 valence electrons. The van der Waals surface area contributed by atoms with Crippen LogP contribution in [0.2, 0.25) is 0 Å². The molecule has 0 aromatic heterocycles. The normalized spacial score (nSPS) is 20.6. The van der Waals surface area contributed by atoms with Crippen molar-refractivity contribution in [2.75, 3.05) is 39.8 Å². The van der Waals surface area contributed by atoms with Crippen molar-refractivity contribution in [3.8, 4) is 0 Å². The van der Waals surface area contributed by atoms with Crippen LogP contribution in [-0.4, -0.2) is 73.5 Å². The second kappa shape index (κ2) is 8.85. The molecule has 2 aliphatic rings. The molecule has 0 bridgehead atoms. The lowest BCUT2D eigenvalue weighted by Gasteiger charge is -2.37. The minimum absolute atomic E-state index is 0.115. The van der Waals surface area contributed by atoms with Crippen molar-refractivity contribution >= 4 is 17.8 Å². The monoisotopic (exact) mass is 373 g/mol. The number of nitrogens with two attached hydrogens (primary N) is 1. The minimum atomic E-state index is -0.430. The molecule has 3 rings (SSSR count). The van der Waals surface area contributed by atoms with Gasteiger partial charge in [0.15, 0.2) is 5.96 Å². The topological polar surface area (TPSA) is 100 Å². The number of rotatable bonds is 4. The molecule has 2 saturated heterocycles. The molecule has 8 nitrogen and oxygen atoms in total. The Morgan fingerprint density at radius 3 is 2.41 bits per heavy atom. The third kappa shape index (κ3) is 4.77. The molecule has 2 aliphatic heterocycles. The third-order valence-corrected chi connectivity index (χ3v) is 5.00. The Labute approximate surface area is 159 Å². The molecule has 1 aromatic rings. The van der Waals surface area contributed by atoms with E-state index in [0.717, 1.165) is 37.5 Å². The van der Waals surface area contributed by atoms with Gasteiger partial charge in [0.25, 0.3) is 5.91 Å². The van der Waals surface area contributed by atoms with E-state index in [1.165, 1.54) is 0 Å². The van der Waals surface area contributed by atoms with Crippen molar-refractivity contribution < 1.29 is 14.3 Å². The molecule has 0 saturated carbocycles. The predicted molar refractivity (Wildman–Crippen MR) is 102 cm³/mol. The number of carbonyl (C=O) groups excluding carboxylic acids is 2. The van der Waals surface area contributed by atoms with Crippen LogP contribution < -0.4 is 11.1 Å². The highest BCUT2D eigenvalue weighted by molar-refractivity contribution is 5.92. The number of hydrogen-bond donors (Lipinski definition) is 2. The summed E-state index contributed by atoms with van der Waals surface area (Å²) < 4.78 is 5.50. The quantitative estimate of drug-likeness (QED) is 0.579. The third-order valence-electron chi connectivity index (χ3n) is 5.00. The van der Waals surface area contributed by atoms with Crippen LogP contribution in [0.15, 0.2) is 29.3 Å². The molecule has 2 amide bonds. The van der Waals surface area contributed by atoms with Gasteiger partial charge in [-0.25, -0.2) is 0 Å². The summed E-state index contributed by atoms with van der Waals surface area (Å²) in [7, 11) is 1.75. The number of amides is 2. The van der Waals surface area contributed by atoms with Crippen molar-refractivity contribution in [3.05, 3.63) is 35.4 Å². The summed E-state index contributed by atoms with van der Waals surface area (Å²) >= 11 is 0. The van der Waals surface area contributed by atoms with E-state index in [4.69, 9.17) is 10.5 Å². The van der Waals surface area contributed by atoms with Crippen LogP contribution >= 0.6 is 0 Å². The highest BCUT2D eigenvalue weighted by Gasteiger charge is 2.30. The molecule has 1 unspecified atom stereocenters. The zero-order chi connectivity index (χ0) is 19.2. The molecule has 2 fully saturated rings. The number of guanidine groups is 1. The van der Waals surface area contributed by atoms with E-state index in [-0.39, 0.29) is 12.0 Å². The Morgan fingerprint density at radius 1 is 1.19 bits per heavy atom. The van der Waals surface area contributed by atoms with E-state index >= 15 is 0 Å². The number of nitrogens with zero attached hydrogens (tertiary/aromatic N) is 3. The van der Waals surface area contributed by atoms with Gasteiger partial charge in [0, 0.05) is 51.9 Å². The molecular weight excluding hydrogens is 346 g/mol. The second-order valence-electron chi connectivity index (χ2n) is 6.78. The van der Waals surface area contributed by atoms with E-state index < -0.39 is 5.91 Å². The Morgan fingerprint density at radius 2 is 1.85 bits per heavy atom. The molecular formula is C19H27N5O3. The van der Waals surface area contributed by atoms with Gasteiger partial charge >= 0.3 is 0 Å². The SMILES string of the molecule is CN=C(NCc1ccc(C(N)=O)cc1)N1CCN(C(=O)C2CCCO2)CC1. The average molecular weight is 373 g/mol. The summed E-state index contributed by atoms with van der Waals surface area (Å²) in [5.41, 5.74) is 6.79. The number of primary amides is 1. The van der Waals surface area contributed by atoms with Crippen LogP contribution in [0, 0.1) is 0 Å². The minimum Gasteiger partial charge on any atom is -0.368 e. The molecule has 8 heteroatoms. The van der Waals surface area contributed by atoms with Crippen molar-refractivity contribution in [1.29, 1.82) is 0 Å². The Kier molecular flexibility index (Phi) is 6.28. The number of ether oxygens (including phenoxy) is 1. The Balaban J connectivity index is 1.48. The van der Waals surface area contributed by atoms with Gasteiger partial charge in [-0.1, -0.05) is 12.1 Å². The van der Waals surface area contributed by atoms with E-state index in [1.807, 2.05) is 17.0 Å². The van der Waals surface area contributed by atoms with Gasteiger partial charge in [-0.2, -0.15) is 0 Å². The first-order chi connectivity index (χ1) is 13.1. The molecule has 2 heterocycles. The average Bonchev–Trinajstić information content (AvgIpc) is 3.23. The van der Waals surface area contributed by atoms with Crippen molar-refractivity contribution in [3.63, 3.8) is 0 Å². The molecule has 0 radical (unpaired) electrons. The van der Waals surface area contributed by atoms with Gasteiger partial charge < -0.3 is 25.6 Å². The maximum absolute atomic E-state index is 12.4. The lowest BCUT2D eigenvalue weighted by Crippen LogP contribution is -2.55. The Bertz CT molecular complexity index is 690. The maximum atomic E-state index is 12.4. The lowest BCUT2D eigenvalue weighted by atomic mass is 10.1. The van der Waals surface area contributed by atoms with Crippen LogP contribution in [0.1, 0.15) is 28.8 Å². The largest absolute Gasteiger partial charge is 0.368 e. The fraction of sp³-hybridized carbons (Fsp3) is 0.526. The van der Waals surface area contributed by atoms with Gasteiger partial charge in [-0.15, -0.1) is 0 Å². The fourth-order valence-electron chi connectivity index (χ4n) is 3.41. The second-order valence-corrected chi connectivity index (χ2v) is 6.78. The first-order valence-electron chi connectivity index (χ1n) is 9.33. The summed E-state index contributed by atoms with van der Waals surface area (Å²) in [6, 6.07) is 7.19. The predicted octanol–water partition coefficient (Wildman–Crippen LogP) is 0.184. The summed E-state index contributed by atoms with van der Waals surface area (Å²) in [4.78, 5) is 32.0. The van der Waals surface area contributed by atoms with Crippen LogP contribution in [0.4, 0.5) is 0 Å². The lowest BCUT2D eigenvalue weighted by molar-refractivity contribution is -0.142. The molecule has 1 atom stereocenters. The van der Waals surface area contributed by atoms with Crippen LogP contribution in [0.3, 0.4) is 0 Å². The highest BCUT2D eigenvalue weighted by atomic mass is 16.5. The first kappa shape index (κ1) is 19.2. The van der Waals surface area contributed by atoms with Gasteiger partial charge in [0.05, 0.1) is 0 Å².